The van der Waals surface area contributed by atoms with E-state index in [1.54, 1.807) is 39.0 Å². The van der Waals surface area contributed by atoms with Gasteiger partial charge in [-0.15, -0.1) is 0 Å². The number of imide groups is 1. The van der Waals surface area contributed by atoms with E-state index in [1.807, 2.05) is 25.1 Å². The number of carbonyl (C=O) groups excluding carboxylic acids is 3. The van der Waals surface area contributed by atoms with Gasteiger partial charge in [-0.2, -0.15) is 0 Å². The summed E-state index contributed by atoms with van der Waals surface area (Å²) in [5.41, 5.74) is 2.49. The molecule has 8 nitrogen and oxygen atoms in total. The first-order valence-corrected chi connectivity index (χ1v) is 10.1. The predicted molar refractivity (Wildman–Crippen MR) is 121 cm³/mol. The van der Waals surface area contributed by atoms with E-state index >= 15 is 0 Å². The third-order valence-corrected chi connectivity index (χ3v) is 5.04. The molecule has 0 saturated carbocycles. The van der Waals surface area contributed by atoms with Gasteiger partial charge >= 0.3 is 0 Å². The van der Waals surface area contributed by atoms with Crippen LogP contribution in [0.15, 0.2) is 54.9 Å². The molecule has 0 saturated heterocycles. The van der Waals surface area contributed by atoms with Gasteiger partial charge in [-0.3, -0.25) is 19.3 Å². The number of aryl methyl sites for hydroxylation is 1. The summed E-state index contributed by atoms with van der Waals surface area (Å²) in [6, 6.07) is 13.6. The maximum Gasteiger partial charge on any atom is 0.262 e. The SMILES string of the molecule is Cc1cc(Nc2ccc(NC(=O)c3ccc4c(c3)C(=O)N(C(C)(C)C)C4=O)cc2)ncn1. The summed E-state index contributed by atoms with van der Waals surface area (Å²) in [6.07, 6.45) is 1.49. The maximum absolute atomic E-state index is 12.8. The number of amides is 3. The third kappa shape index (κ3) is 4.07. The van der Waals surface area contributed by atoms with E-state index in [-0.39, 0.29) is 23.3 Å². The lowest BCUT2D eigenvalue weighted by molar-refractivity contribution is 0.0507. The fraction of sp³-hybridized carbons (Fsp3) is 0.208. The van der Waals surface area contributed by atoms with Crippen LogP contribution in [0.2, 0.25) is 0 Å². The molecule has 0 aliphatic carbocycles. The Morgan fingerprint density at radius 1 is 0.875 bits per heavy atom. The van der Waals surface area contributed by atoms with Gasteiger partial charge in [-0.25, -0.2) is 9.97 Å². The molecule has 4 rings (SSSR count). The van der Waals surface area contributed by atoms with Gasteiger partial charge < -0.3 is 10.6 Å². The Morgan fingerprint density at radius 2 is 1.53 bits per heavy atom. The van der Waals surface area contributed by atoms with Crippen molar-refractivity contribution in [2.75, 3.05) is 10.6 Å². The number of benzene rings is 2. The first kappa shape index (κ1) is 21.2. The van der Waals surface area contributed by atoms with Crippen LogP contribution >= 0.6 is 0 Å². The summed E-state index contributed by atoms with van der Waals surface area (Å²) in [5.74, 6) is -0.417. The van der Waals surface area contributed by atoms with Crippen molar-refractivity contribution in [1.29, 1.82) is 0 Å². The molecule has 3 amide bonds. The second kappa shape index (κ2) is 7.88. The molecular weight excluding hydrogens is 406 g/mol. The summed E-state index contributed by atoms with van der Waals surface area (Å²) < 4.78 is 0. The highest BCUT2D eigenvalue weighted by Crippen LogP contribution is 2.30. The maximum atomic E-state index is 12.8. The highest BCUT2D eigenvalue weighted by atomic mass is 16.2. The fourth-order valence-corrected chi connectivity index (χ4v) is 3.50. The molecule has 1 aliphatic rings. The van der Waals surface area contributed by atoms with Crippen molar-refractivity contribution >= 4 is 34.9 Å². The lowest BCUT2D eigenvalue weighted by atomic mass is 10.1. The van der Waals surface area contributed by atoms with Gasteiger partial charge in [0.2, 0.25) is 0 Å². The summed E-state index contributed by atoms with van der Waals surface area (Å²) >= 11 is 0. The zero-order valence-corrected chi connectivity index (χ0v) is 18.3. The average Bonchev–Trinajstić information content (AvgIpc) is 2.99. The third-order valence-electron chi connectivity index (χ3n) is 5.04. The number of hydrogen-bond donors (Lipinski definition) is 2. The molecule has 2 N–H and O–H groups in total. The van der Waals surface area contributed by atoms with Gasteiger partial charge in [0.05, 0.1) is 11.1 Å². The number of anilines is 3. The topological polar surface area (TPSA) is 104 Å². The van der Waals surface area contributed by atoms with Crippen molar-refractivity contribution in [3.63, 3.8) is 0 Å². The number of aromatic nitrogens is 2. The van der Waals surface area contributed by atoms with Gasteiger partial charge in [-0.05, 0) is 70.2 Å². The molecule has 0 bridgehead atoms. The van der Waals surface area contributed by atoms with Crippen LogP contribution in [0.1, 0.15) is 57.5 Å². The molecule has 0 unspecified atom stereocenters. The molecule has 1 aromatic heterocycles. The molecule has 8 heteroatoms. The molecule has 2 heterocycles. The van der Waals surface area contributed by atoms with Crippen LogP contribution in [0.4, 0.5) is 17.2 Å². The Morgan fingerprint density at radius 3 is 2.19 bits per heavy atom. The quantitative estimate of drug-likeness (QED) is 0.603. The van der Waals surface area contributed by atoms with Gasteiger partial charge in [0.25, 0.3) is 17.7 Å². The van der Waals surface area contributed by atoms with Gasteiger partial charge in [0, 0.05) is 34.2 Å². The zero-order valence-electron chi connectivity index (χ0n) is 18.3. The molecule has 2 aromatic carbocycles. The van der Waals surface area contributed by atoms with Crippen LogP contribution in [0.5, 0.6) is 0 Å². The minimum Gasteiger partial charge on any atom is -0.340 e. The van der Waals surface area contributed by atoms with Crippen molar-refractivity contribution in [3.8, 4) is 0 Å². The number of fused-ring (bicyclic) bond motifs is 1. The van der Waals surface area contributed by atoms with Crippen molar-refractivity contribution < 1.29 is 14.4 Å². The monoisotopic (exact) mass is 429 g/mol. The Balaban J connectivity index is 1.48. The zero-order chi connectivity index (χ0) is 23.0. The highest BCUT2D eigenvalue weighted by molar-refractivity contribution is 6.22. The van der Waals surface area contributed by atoms with Crippen LogP contribution in [-0.4, -0.2) is 38.1 Å². The molecule has 3 aromatic rings. The molecular formula is C24H23N5O3. The van der Waals surface area contributed by atoms with Crippen LogP contribution in [0, 0.1) is 6.92 Å². The van der Waals surface area contributed by atoms with Gasteiger partial charge in [0.15, 0.2) is 0 Å². The van der Waals surface area contributed by atoms with Crippen molar-refractivity contribution in [2.45, 2.75) is 33.2 Å². The molecule has 0 radical (unpaired) electrons. The molecule has 1 aliphatic heterocycles. The number of hydrogen-bond acceptors (Lipinski definition) is 6. The number of carbonyl (C=O) groups is 3. The highest BCUT2D eigenvalue weighted by Gasteiger charge is 2.42. The fourth-order valence-electron chi connectivity index (χ4n) is 3.50. The smallest absolute Gasteiger partial charge is 0.262 e. The van der Waals surface area contributed by atoms with Crippen LogP contribution < -0.4 is 10.6 Å². The first-order chi connectivity index (χ1) is 15.1. The van der Waals surface area contributed by atoms with E-state index in [2.05, 4.69) is 20.6 Å². The summed E-state index contributed by atoms with van der Waals surface area (Å²) in [5, 5.41) is 5.99. The van der Waals surface area contributed by atoms with Gasteiger partial charge in [-0.1, -0.05) is 0 Å². The van der Waals surface area contributed by atoms with Crippen LogP contribution in [-0.2, 0) is 0 Å². The van der Waals surface area contributed by atoms with E-state index < -0.39 is 5.54 Å². The van der Waals surface area contributed by atoms with Crippen LogP contribution in [0.3, 0.4) is 0 Å². The number of nitrogens with zero attached hydrogens (tertiary/aromatic N) is 3. The summed E-state index contributed by atoms with van der Waals surface area (Å²) in [7, 11) is 0. The largest absolute Gasteiger partial charge is 0.340 e. The summed E-state index contributed by atoms with van der Waals surface area (Å²) in [4.78, 5) is 47.5. The van der Waals surface area contributed by atoms with E-state index in [0.717, 1.165) is 11.4 Å². The van der Waals surface area contributed by atoms with Crippen LogP contribution in [0.25, 0.3) is 0 Å². The van der Waals surface area contributed by atoms with Gasteiger partial charge in [0.1, 0.15) is 12.1 Å². The molecule has 0 spiro atoms. The summed E-state index contributed by atoms with van der Waals surface area (Å²) in [6.45, 7) is 7.28. The second-order valence-corrected chi connectivity index (χ2v) is 8.58. The standard InChI is InChI=1S/C24H23N5O3/c1-14-11-20(26-13-25-14)27-16-6-8-17(9-7-16)28-21(30)15-5-10-18-19(12-15)23(32)29(22(18)31)24(2,3)4/h5-13H,1-4H3,(H,28,30)(H,25,26,27). The Bertz CT molecular complexity index is 1230. The predicted octanol–water partition coefficient (Wildman–Crippen LogP) is 4.18. The minimum absolute atomic E-state index is 0.247. The molecule has 32 heavy (non-hydrogen) atoms. The Hall–Kier alpha value is -4.07. The number of nitrogens with one attached hydrogen (secondary N) is 2. The average molecular weight is 429 g/mol. The molecule has 162 valence electrons. The minimum atomic E-state index is -0.643. The van der Waals surface area contributed by atoms with Crippen molar-refractivity contribution in [1.82, 2.24) is 14.9 Å². The Kier molecular flexibility index (Phi) is 5.22. The van der Waals surface area contributed by atoms with E-state index in [0.29, 0.717) is 22.6 Å². The lowest BCUT2D eigenvalue weighted by Crippen LogP contribution is -2.45. The second-order valence-electron chi connectivity index (χ2n) is 8.58. The Labute approximate surface area is 185 Å². The van der Waals surface area contributed by atoms with E-state index in [1.165, 1.54) is 23.4 Å². The van der Waals surface area contributed by atoms with E-state index in [4.69, 9.17) is 0 Å². The molecule has 0 atom stereocenters. The first-order valence-electron chi connectivity index (χ1n) is 10.1. The lowest BCUT2D eigenvalue weighted by Gasteiger charge is -2.29. The van der Waals surface area contributed by atoms with Crippen molar-refractivity contribution in [3.05, 3.63) is 77.2 Å². The molecule has 0 fully saturated rings. The van der Waals surface area contributed by atoms with E-state index in [9.17, 15) is 14.4 Å². The van der Waals surface area contributed by atoms with Crippen molar-refractivity contribution in [2.24, 2.45) is 0 Å². The normalized spacial score (nSPS) is 13.2. The number of rotatable bonds is 4.